The molecule has 0 bridgehead atoms. The van der Waals surface area contributed by atoms with Gasteiger partial charge in [-0.05, 0) is 58.0 Å². The quantitative estimate of drug-likeness (QED) is 0.236. The van der Waals surface area contributed by atoms with Gasteiger partial charge in [-0.3, -0.25) is 19.8 Å². The van der Waals surface area contributed by atoms with Gasteiger partial charge in [0.25, 0.3) is 11.1 Å². The summed E-state index contributed by atoms with van der Waals surface area (Å²) in [5.41, 5.74) is 3.15. The van der Waals surface area contributed by atoms with E-state index in [9.17, 15) is 9.59 Å². The average Bonchev–Trinajstić information content (AvgIpc) is 3.35. The number of nitrogens with one attached hydrogen (secondary N) is 2. The fourth-order valence-corrected chi connectivity index (χ4v) is 5.38. The predicted octanol–water partition coefficient (Wildman–Crippen LogP) is 6.54. The van der Waals surface area contributed by atoms with Crippen LogP contribution >= 0.6 is 23.2 Å². The van der Waals surface area contributed by atoms with Crippen LogP contribution < -0.4 is 15.9 Å². The first-order valence-electron chi connectivity index (χ1n) is 12.6. The van der Waals surface area contributed by atoms with E-state index in [0.717, 1.165) is 0 Å². The van der Waals surface area contributed by atoms with Crippen molar-refractivity contribution in [1.29, 1.82) is 0 Å². The Morgan fingerprint density at radius 3 is 1.59 bits per heavy atom. The molecule has 0 aliphatic heterocycles. The van der Waals surface area contributed by atoms with Gasteiger partial charge in [0.2, 0.25) is 0 Å². The molecule has 200 valence electrons. The maximum absolute atomic E-state index is 14.1. The van der Waals surface area contributed by atoms with E-state index in [2.05, 4.69) is 10.2 Å². The SMILES string of the molecule is Cc1[nH]n(-c2ccccc2Cl)c(=O)c1C(c1ccccc1OC(C)C)c1c(C)[nH]n(-c2ccccc2Cl)c1=O. The highest BCUT2D eigenvalue weighted by molar-refractivity contribution is 6.32. The van der Waals surface area contributed by atoms with Crippen molar-refractivity contribution >= 4 is 23.2 Å². The lowest BCUT2D eigenvalue weighted by Crippen LogP contribution is -2.26. The smallest absolute Gasteiger partial charge is 0.275 e. The first-order valence-corrected chi connectivity index (χ1v) is 13.3. The molecule has 9 heteroatoms. The van der Waals surface area contributed by atoms with Gasteiger partial charge in [0.1, 0.15) is 5.75 Å². The fourth-order valence-electron chi connectivity index (χ4n) is 4.94. The van der Waals surface area contributed by atoms with Crippen LogP contribution in [0, 0.1) is 13.8 Å². The Morgan fingerprint density at radius 1 is 0.692 bits per heavy atom. The molecule has 7 nitrogen and oxygen atoms in total. The van der Waals surface area contributed by atoms with Crippen molar-refractivity contribution in [2.75, 3.05) is 0 Å². The molecule has 0 amide bonds. The van der Waals surface area contributed by atoms with Gasteiger partial charge in [-0.15, -0.1) is 0 Å². The molecule has 0 spiro atoms. The number of benzene rings is 3. The van der Waals surface area contributed by atoms with Crippen LogP contribution in [-0.2, 0) is 0 Å². The highest BCUT2D eigenvalue weighted by atomic mass is 35.5. The number of nitrogens with zero attached hydrogens (tertiary/aromatic N) is 2. The summed E-state index contributed by atoms with van der Waals surface area (Å²) in [4.78, 5) is 28.2. The summed E-state index contributed by atoms with van der Waals surface area (Å²) < 4.78 is 9.00. The second-order valence-electron chi connectivity index (χ2n) is 9.62. The third-order valence-corrected chi connectivity index (χ3v) is 7.23. The Morgan fingerprint density at radius 2 is 1.13 bits per heavy atom. The van der Waals surface area contributed by atoms with Crippen molar-refractivity contribution in [2.45, 2.75) is 39.7 Å². The standard InChI is InChI=1S/C30H28Cl2N4O3/c1-17(2)39-25-16-10-5-11-20(25)28(26-18(3)33-35(29(26)37)23-14-8-6-12-21(23)31)27-19(4)34-36(30(27)38)24-15-9-7-13-22(24)32/h5-17,28,33-34H,1-4H3. The Kier molecular flexibility index (Phi) is 7.30. The summed E-state index contributed by atoms with van der Waals surface area (Å²) in [7, 11) is 0. The van der Waals surface area contributed by atoms with Gasteiger partial charge < -0.3 is 4.74 Å². The second kappa shape index (κ2) is 10.7. The van der Waals surface area contributed by atoms with Gasteiger partial charge in [0.05, 0.1) is 44.6 Å². The van der Waals surface area contributed by atoms with Gasteiger partial charge in [0.15, 0.2) is 0 Å². The molecule has 0 unspecified atom stereocenters. The van der Waals surface area contributed by atoms with Crippen LogP contribution in [0.5, 0.6) is 5.75 Å². The van der Waals surface area contributed by atoms with Crippen LogP contribution in [0.3, 0.4) is 0 Å². The van der Waals surface area contributed by atoms with Gasteiger partial charge in [0, 0.05) is 17.0 Å². The van der Waals surface area contributed by atoms with Crippen LogP contribution in [-0.4, -0.2) is 25.7 Å². The second-order valence-corrected chi connectivity index (χ2v) is 10.4. The zero-order valence-electron chi connectivity index (χ0n) is 22.0. The molecule has 5 rings (SSSR count). The molecule has 0 aliphatic rings. The minimum Gasteiger partial charge on any atom is -0.491 e. The molecule has 3 aromatic carbocycles. The number of halogens is 2. The van der Waals surface area contributed by atoms with Crippen molar-refractivity contribution in [3.05, 3.63) is 132 Å². The zero-order valence-corrected chi connectivity index (χ0v) is 23.5. The van der Waals surface area contributed by atoms with E-state index in [4.69, 9.17) is 27.9 Å². The number of hydrogen-bond donors (Lipinski definition) is 2. The zero-order chi connectivity index (χ0) is 27.8. The van der Waals surface area contributed by atoms with Crippen LogP contribution in [0.25, 0.3) is 11.4 Å². The van der Waals surface area contributed by atoms with E-state index >= 15 is 0 Å². The van der Waals surface area contributed by atoms with E-state index in [1.54, 1.807) is 36.4 Å². The lowest BCUT2D eigenvalue weighted by Gasteiger charge is -2.21. The molecule has 2 N–H and O–H groups in total. The lowest BCUT2D eigenvalue weighted by molar-refractivity contribution is 0.239. The van der Waals surface area contributed by atoms with Crippen LogP contribution in [0.1, 0.15) is 47.8 Å². The molecular weight excluding hydrogens is 535 g/mol. The molecule has 39 heavy (non-hydrogen) atoms. The molecule has 0 radical (unpaired) electrons. The van der Waals surface area contributed by atoms with Crippen LogP contribution in [0.4, 0.5) is 0 Å². The van der Waals surface area contributed by atoms with Crippen LogP contribution in [0.15, 0.2) is 82.4 Å². The normalized spacial score (nSPS) is 11.5. The number of ether oxygens (including phenoxy) is 1. The first kappa shape index (κ1) is 26.7. The van der Waals surface area contributed by atoms with Crippen molar-refractivity contribution in [3.8, 4) is 17.1 Å². The molecule has 2 heterocycles. The lowest BCUT2D eigenvalue weighted by atomic mass is 9.84. The molecule has 0 saturated heterocycles. The van der Waals surface area contributed by atoms with Crippen molar-refractivity contribution in [1.82, 2.24) is 19.6 Å². The Hall–Kier alpha value is -3.94. The number of aryl methyl sites for hydroxylation is 2. The average molecular weight is 563 g/mol. The van der Waals surface area contributed by atoms with E-state index in [1.165, 1.54) is 9.36 Å². The number of aromatic amines is 2. The highest BCUT2D eigenvalue weighted by Gasteiger charge is 2.33. The Bertz CT molecular complexity index is 1670. The Balaban J connectivity index is 1.82. The van der Waals surface area contributed by atoms with Crippen molar-refractivity contribution < 1.29 is 4.74 Å². The number of hydrogen-bond acceptors (Lipinski definition) is 3. The summed E-state index contributed by atoms with van der Waals surface area (Å²) in [6.45, 7) is 7.50. The van der Waals surface area contributed by atoms with Gasteiger partial charge >= 0.3 is 0 Å². The minimum absolute atomic E-state index is 0.119. The highest BCUT2D eigenvalue weighted by Crippen LogP contribution is 2.38. The fraction of sp³-hybridized carbons (Fsp3) is 0.200. The topological polar surface area (TPSA) is 84.8 Å². The van der Waals surface area contributed by atoms with E-state index in [0.29, 0.717) is 55.2 Å². The molecule has 0 atom stereocenters. The molecular formula is C30H28Cl2N4O3. The largest absolute Gasteiger partial charge is 0.491 e. The summed E-state index contributed by atoms with van der Waals surface area (Å²) in [6, 6.07) is 21.7. The third-order valence-electron chi connectivity index (χ3n) is 6.59. The molecule has 0 fully saturated rings. The van der Waals surface area contributed by atoms with Crippen molar-refractivity contribution in [2.24, 2.45) is 0 Å². The van der Waals surface area contributed by atoms with E-state index in [-0.39, 0.29) is 17.2 Å². The van der Waals surface area contributed by atoms with E-state index in [1.807, 2.05) is 64.1 Å². The molecule has 0 aliphatic carbocycles. The maximum Gasteiger partial charge on any atom is 0.275 e. The van der Waals surface area contributed by atoms with Gasteiger partial charge in [-0.25, -0.2) is 9.36 Å². The minimum atomic E-state index is -0.750. The van der Waals surface area contributed by atoms with Crippen LogP contribution in [0.2, 0.25) is 10.0 Å². The summed E-state index contributed by atoms with van der Waals surface area (Å²) in [5.74, 6) is -0.161. The monoisotopic (exact) mass is 562 g/mol. The predicted molar refractivity (Wildman–Crippen MR) is 155 cm³/mol. The number of H-pyrrole nitrogens is 2. The summed E-state index contributed by atoms with van der Waals surface area (Å²) in [5, 5.41) is 7.20. The summed E-state index contributed by atoms with van der Waals surface area (Å²) >= 11 is 12.9. The first-order chi connectivity index (χ1) is 18.7. The molecule has 5 aromatic rings. The molecule has 2 aromatic heterocycles. The van der Waals surface area contributed by atoms with Gasteiger partial charge in [-0.1, -0.05) is 65.7 Å². The maximum atomic E-state index is 14.1. The van der Waals surface area contributed by atoms with Crippen molar-refractivity contribution in [3.63, 3.8) is 0 Å². The number of para-hydroxylation sites is 3. The number of aromatic nitrogens is 4. The van der Waals surface area contributed by atoms with E-state index < -0.39 is 5.92 Å². The number of rotatable bonds is 7. The Labute approximate surface area is 235 Å². The third kappa shape index (κ3) is 4.84. The molecule has 0 saturated carbocycles. The summed E-state index contributed by atoms with van der Waals surface area (Å²) in [6.07, 6.45) is -0.119. The van der Waals surface area contributed by atoms with Gasteiger partial charge in [-0.2, -0.15) is 0 Å².